The van der Waals surface area contributed by atoms with Crippen LogP contribution in [-0.2, 0) is 17.8 Å². The maximum atomic E-state index is 12.3. The van der Waals surface area contributed by atoms with Crippen molar-refractivity contribution in [3.63, 3.8) is 0 Å². The van der Waals surface area contributed by atoms with Crippen molar-refractivity contribution in [2.75, 3.05) is 5.32 Å². The Morgan fingerprint density at radius 3 is 2.26 bits per heavy atom. The Labute approximate surface area is 135 Å². The third-order valence-electron chi connectivity index (χ3n) is 3.77. The van der Waals surface area contributed by atoms with Crippen LogP contribution in [0.1, 0.15) is 39.7 Å². The van der Waals surface area contributed by atoms with Gasteiger partial charge in [-0.05, 0) is 56.5 Å². The summed E-state index contributed by atoms with van der Waals surface area (Å²) >= 11 is 0. The molecule has 23 heavy (non-hydrogen) atoms. The number of nitrogens with zero attached hydrogens (tertiary/aromatic N) is 1. The standard InChI is InChI=1S/C18H22N2O3/c1-5-20-10-13(4)17(18(22)23)15(20)9-16(21)19-14-7-11(2)6-12(3)8-14/h6-8,10H,5,9H2,1-4H3,(H,19,21)(H,22,23). The number of aromatic carboxylic acids is 1. The second kappa shape index (κ2) is 6.69. The zero-order valence-corrected chi connectivity index (χ0v) is 13.9. The molecule has 122 valence electrons. The number of carbonyl (C=O) groups is 2. The third kappa shape index (κ3) is 3.80. The van der Waals surface area contributed by atoms with Crippen LogP contribution in [0.15, 0.2) is 24.4 Å². The van der Waals surface area contributed by atoms with E-state index in [1.54, 1.807) is 13.1 Å². The van der Waals surface area contributed by atoms with Gasteiger partial charge in [-0.15, -0.1) is 0 Å². The smallest absolute Gasteiger partial charge is 0.337 e. The molecule has 0 aliphatic rings. The average molecular weight is 314 g/mol. The Hall–Kier alpha value is -2.56. The molecule has 2 N–H and O–H groups in total. The Morgan fingerprint density at radius 1 is 1.13 bits per heavy atom. The van der Waals surface area contributed by atoms with E-state index in [9.17, 15) is 14.7 Å². The van der Waals surface area contributed by atoms with E-state index in [2.05, 4.69) is 5.32 Å². The lowest BCUT2D eigenvalue weighted by molar-refractivity contribution is -0.115. The summed E-state index contributed by atoms with van der Waals surface area (Å²) in [7, 11) is 0. The van der Waals surface area contributed by atoms with Crippen molar-refractivity contribution in [3.8, 4) is 0 Å². The van der Waals surface area contributed by atoms with Crippen LogP contribution in [0.25, 0.3) is 0 Å². The monoisotopic (exact) mass is 314 g/mol. The number of aryl methyl sites for hydroxylation is 4. The Kier molecular flexibility index (Phi) is 4.89. The molecule has 1 aromatic heterocycles. The molecule has 0 bridgehead atoms. The minimum absolute atomic E-state index is 0.0380. The summed E-state index contributed by atoms with van der Waals surface area (Å²) in [5.41, 5.74) is 4.31. The summed E-state index contributed by atoms with van der Waals surface area (Å²) < 4.78 is 1.82. The van der Waals surface area contributed by atoms with E-state index < -0.39 is 5.97 Å². The number of carbonyl (C=O) groups excluding carboxylic acids is 1. The molecule has 0 aliphatic heterocycles. The minimum atomic E-state index is -0.996. The van der Waals surface area contributed by atoms with Crippen molar-refractivity contribution in [1.82, 2.24) is 4.57 Å². The average Bonchev–Trinajstić information content (AvgIpc) is 2.73. The van der Waals surface area contributed by atoms with Gasteiger partial charge in [-0.1, -0.05) is 6.07 Å². The molecule has 1 heterocycles. The third-order valence-corrected chi connectivity index (χ3v) is 3.77. The zero-order chi connectivity index (χ0) is 17.1. The van der Waals surface area contributed by atoms with Crippen LogP contribution in [0, 0.1) is 20.8 Å². The van der Waals surface area contributed by atoms with Crippen molar-refractivity contribution in [2.45, 2.75) is 40.7 Å². The lowest BCUT2D eigenvalue weighted by Gasteiger charge is -2.10. The molecule has 0 spiro atoms. The van der Waals surface area contributed by atoms with Crippen LogP contribution in [0.4, 0.5) is 5.69 Å². The highest BCUT2D eigenvalue weighted by atomic mass is 16.4. The van der Waals surface area contributed by atoms with Gasteiger partial charge in [0.05, 0.1) is 12.0 Å². The quantitative estimate of drug-likeness (QED) is 0.889. The van der Waals surface area contributed by atoms with E-state index in [0.29, 0.717) is 17.8 Å². The summed E-state index contributed by atoms with van der Waals surface area (Å²) in [6.07, 6.45) is 1.82. The van der Waals surface area contributed by atoms with Crippen LogP contribution in [-0.4, -0.2) is 21.6 Å². The number of benzene rings is 1. The van der Waals surface area contributed by atoms with Gasteiger partial charge in [-0.25, -0.2) is 4.79 Å². The van der Waals surface area contributed by atoms with Crippen molar-refractivity contribution in [1.29, 1.82) is 0 Å². The molecule has 0 radical (unpaired) electrons. The van der Waals surface area contributed by atoms with Crippen LogP contribution >= 0.6 is 0 Å². The van der Waals surface area contributed by atoms with Gasteiger partial charge in [0, 0.05) is 24.1 Å². The van der Waals surface area contributed by atoms with Gasteiger partial charge in [0.25, 0.3) is 0 Å². The van der Waals surface area contributed by atoms with Crippen molar-refractivity contribution in [3.05, 3.63) is 52.3 Å². The number of hydrogen-bond donors (Lipinski definition) is 2. The van der Waals surface area contributed by atoms with E-state index in [1.807, 2.05) is 43.5 Å². The Morgan fingerprint density at radius 2 is 1.74 bits per heavy atom. The second-order valence-corrected chi connectivity index (χ2v) is 5.83. The van der Waals surface area contributed by atoms with Gasteiger partial charge < -0.3 is 15.0 Å². The molecule has 0 unspecified atom stereocenters. The van der Waals surface area contributed by atoms with Gasteiger partial charge in [0.2, 0.25) is 5.91 Å². The summed E-state index contributed by atoms with van der Waals surface area (Å²) in [4.78, 5) is 23.8. The minimum Gasteiger partial charge on any atom is -0.478 e. The van der Waals surface area contributed by atoms with E-state index >= 15 is 0 Å². The number of nitrogens with one attached hydrogen (secondary N) is 1. The van der Waals surface area contributed by atoms with Gasteiger partial charge in [-0.3, -0.25) is 4.79 Å². The molecule has 0 atom stereocenters. The van der Waals surface area contributed by atoms with Gasteiger partial charge in [-0.2, -0.15) is 0 Å². The Bertz CT molecular complexity index is 740. The molecule has 1 amide bonds. The number of carboxylic acids is 1. The maximum absolute atomic E-state index is 12.3. The van der Waals surface area contributed by atoms with Gasteiger partial charge >= 0.3 is 5.97 Å². The normalized spacial score (nSPS) is 10.6. The van der Waals surface area contributed by atoms with E-state index in [1.165, 1.54) is 0 Å². The molecule has 5 nitrogen and oxygen atoms in total. The van der Waals surface area contributed by atoms with Crippen molar-refractivity contribution in [2.24, 2.45) is 0 Å². The predicted molar refractivity (Wildman–Crippen MR) is 90.1 cm³/mol. The summed E-state index contributed by atoms with van der Waals surface area (Å²) in [6.45, 7) is 8.24. The highest BCUT2D eigenvalue weighted by Gasteiger charge is 2.20. The molecular formula is C18H22N2O3. The topological polar surface area (TPSA) is 71.3 Å². The first-order valence-electron chi connectivity index (χ1n) is 7.61. The molecule has 5 heteroatoms. The van der Waals surface area contributed by atoms with Crippen LogP contribution in [0.3, 0.4) is 0 Å². The zero-order valence-electron chi connectivity index (χ0n) is 13.9. The molecule has 0 fully saturated rings. The Balaban J connectivity index is 2.25. The fourth-order valence-electron chi connectivity index (χ4n) is 2.92. The molecule has 2 rings (SSSR count). The first kappa shape index (κ1) is 16.8. The molecule has 0 saturated carbocycles. The fraction of sp³-hybridized carbons (Fsp3) is 0.333. The van der Waals surface area contributed by atoms with E-state index in [4.69, 9.17) is 0 Å². The maximum Gasteiger partial charge on any atom is 0.337 e. The van der Waals surface area contributed by atoms with E-state index in [-0.39, 0.29) is 17.9 Å². The van der Waals surface area contributed by atoms with Gasteiger partial charge in [0.1, 0.15) is 0 Å². The summed E-state index contributed by atoms with van der Waals surface area (Å²) in [5.74, 6) is -1.21. The van der Waals surface area contributed by atoms with Crippen LogP contribution < -0.4 is 5.32 Å². The lowest BCUT2D eigenvalue weighted by Crippen LogP contribution is -2.19. The summed E-state index contributed by atoms with van der Waals surface area (Å²) in [6, 6.07) is 5.82. The fourth-order valence-corrected chi connectivity index (χ4v) is 2.92. The van der Waals surface area contributed by atoms with Crippen LogP contribution in [0.2, 0.25) is 0 Å². The number of anilines is 1. The highest BCUT2D eigenvalue weighted by Crippen LogP contribution is 2.19. The van der Waals surface area contributed by atoms with Crippen LogP contribution in [0.5, 0.6) is 0 Å². The molecule has 2 aromatic rings. The van der Waals surface area contributed by atoms with E-state index in [0.717, 1.165) is 16.8 Å². The predicted octanol–water partition coefficient (Wildman–Crippen LogP) is 3.31. The number of carboxylic acid groups (broad SMARTS) is 1. The van der Waals surface area contributed by atoms with Crippen molar-refractivity contribution < 1.29 is 14.7 Å². The van der Waals surface area contributed by atoms with Gasteiger partial charge in [0.15, 0.2) is 0 Å². The van der Waals surface area contributed by atoms with Crippen molar-refractivity contribution >= 4 is 17.6 Å². The number of rotatable bonds is 5. The SMILES string of the molecule is CCn1cc(C)c(C(=O)O)c1CC(=O)Nc1cc(C)cc(C)c1. The highest BCUT2D eigenvalue weighted by molar-refractivity contribution is 5.96. The molecule has 0 aliphatic carbocycles. The molecular weight excluding hydrogens is 292 g/mol. The lowest BCUT2D eigenvalue weighted by atomic mass is 10.1. The largest absolute Gasteiger partial charge is 0.478 e. The molecule has 0 saturated heterocycles. The number of amides is 1. The first-order chi connectivity index (χ1) is 10.8. The second-order valence-electron chi connectivity index (χ2n) is 5.83. The first-order valence-corrected chi connectivity index (χ1v) is 7.61. The number of aromatic nitrogens is 1. The number of hydrogen-bond acceptors (Lipinski definition) is 2. The summed E-state index contributed by atoms with van der Waals surface area (Å²) in [5, 5.41) is 12.2. The molecule has 1 aromatic carbocycles.